The summed E-state index contributed by atoms with van der Waals surface area (Å²) in [6.45, 7) is 0. The first-order valence-corrected chi connectivity index (χ1v) is 5.44. The highest BCUT2D eigenvalue weighted by Gasteiger charge is 2.15. The molecule has 0 atom stereocenters. The molecule has 6 nitrogen and oxygen atoms in total. The Morgan fingerprint density at radius 1 is 1.37 bits per heavy atom. The molecule has 3 rings (SSSR count). The maximum atomic E-state index is 10.8. The van der Waals surface area contributed by atoms with Crippen molar-refractivity contribution in [2.24, 2.45) is 0 Å². The first kappa shape index (κ1) is 11.3. The number of fused-ring (bicyclic) bond motifs is 1. The molecular formula is C13H9NO5. The second-order valence-corrected chi connectivity index (χ2v) is 3.90. The van der Waals surface area contributed by atoms with E-state index in [0.717, 1.165) is 5.39 Å². The van der Waals surface area contributed by atoms with Crippen LogP contribution in [-0.4, -0.2) is 23.3 Å². The van der Waals surface area contributed by atoms with Crippen molar-refractivity contribution in [2.45, 2.75) is 0 Å². The summed E-state index contributed by atoms with van der Waals surface area (Å²) in [5.41, 5.74) is 1.16. The molecule has 0 unspecified atom stereocenters. The fraction of sp³-hybridized carbons (Fsp3) is 0.0769. The summed E-state index contributed by atoms with van der Waals surface area (Å²) in [7, 11) is 1.53. The molecule has 19 heavy (non-hydrogen) atoms. The number of carbonyl (C=O) groups is 1. The lowest BCUT2D eigenvalue weighted by Gasteiger charge is -2.02. The summed E-state index contributed by atoms with van der Waals surface area (Å²) in [5, 5.41) is 13.1. The predicted molar refractivity (Wildman–Crippen MR) is 65.2 cm³/mol. The van der Waals surface area contributed by atoms with Crippen LogP contribution in [0.5, 0.6) is 5.75 Å². The number of rotatable bonds is 3. The van der Waals surface area contributed by atoms with Crippen molar-refractivity contribution in [3.63, 3.8) is 0 Å². The van der Waals surface area contributed by atoms with Gasteiger partial charge >= 0.3 is 5.97 Å². The minimum absolute atomic E-state index is 0.138. The number of furan rings is 1. The van der Waals surface area contributed by atoms with E-state index < -0.39 is 5.97 Å². The summed E-state index contributed by atoms with van der Waals surface area (Å²) in [6.07, 6.45) is 1.56. The Morgan fingerprint density at radius 2 is 2.21 bits per heavy atom. The zero-order chi connectivity index (χ0) is 13.4. The molecule has 0 bridgehead atoms. The van der Waals surface area contributed by atoms with E-state index in [4.69, 9.17) is 18.8 Å². The maximum Gasteiger partial charge on any atom is 0.358 e. The Labute approximate surface area is 107 Å². The average Bonchev–Trinajstić information content (AvgIpc) is 3.05. The second kappa shape index (κ2) is 4.16. The number of aromatic nitrogens is 1. The minimum atomic E-state index is -1.13. The van der Waals surface area contributed by atoms with E-state index >= 15 is 0 Å². The lowest BCUT2D eigenvalue weighted by molar-refractivity contribution is 0.0686. The average molecular weight is 259 g/mol. The van der Waals surface area contributed by atoms with Crippen LogP contribution in [0.15, 0.2) is 39.5 Å². The van der Waals surface area contributed by atoms with Gasteiger partial charge < -0.3 is 18.8 Å². The van der Waals surface area contributed by atoms with Gasteiger partial charge in [-0.25, -0.2) is 4.79 Å². The lowest BCUT2D eigenvalue weighted by atomic mass is 10.1. The molecular weight excluding hydrogens is 250 g/mol. The standard InChI is InChI=1S/C13H9NO5/c1-17-11-5-8(4-7-2-3-18-12(7)11)10-6-9(13(15)16)14-19-10/h2-6H,1H3,(H,15,16). The Balaban J connectivity index is 2.15. The van der Waals surface area contributed by atoms with Crippen LogP contribution >= 0.6 is 0 Å². The van der Waals surface area contributed by atoms with Crippen molar-refractivity contribution >= 4 is 16.9 Å². The Bertz CT molecular complexity index is 755. The monoisotopic (exact) mass is 259 g/mol. The van der Waals surface area contributed by atoms with Gasteiger partial charge in [-0.1, -0.05) is 5.16 Å². The highest BCUT2D eigenvalue weighted by Crippen LogP contribution is 2.33. The van der Waals surface area contributed by atoms with Crippen LogP contribution in [-0.2, 0) is 0 Å². The van der Waals surface area contributed by atoms with Crippen LogP contribution in [0.1, 0.15) is 10.5 Å². The van der Waals surface area contributed by atoms with Crippen molar-refractivity contribution in [2.75, 3.05) is 7.11 Å². The molecule has 0 saturated heterocycles. The number of nitrogens with zero attached hydrogens (tertiary/aromatic N) is 1. The molecule has 2 heterocycles. The van der Waals surface area contributed by atoms with Gasteiger partial charge in [0.05, 0.1) is 13.4 Å². The number of benzene rings is 1. The first-order chi connectivity index (χ1) is 9.19. The third-order valence-corrected chi connectivity index (χ3v) is 2.75. The van der Waals surface area contributed by atoms with Gasteiger partial charge in [0.25, 0.3) is 0 Å². The molecule has 2 aromatic heterocycles. The summed E-state index contributed by atoms with van der Waals surface area (Å²) < 4.78 is 15.6. The van der Waals surface area contributed by atoms with E-state index in [1.807, 2.05) is 6.07 Å². The number of carboxylic acid groups (broad SMARTS) is 1. The molecule has 0 aliphatic heterocycles. The third kappa shape index (κ3) is 1.83. The first-order valence-electron chi connectivity index (χ1n) is 5.44. The van der Waals surface area contributed by atoms with Gasteiger partial charge in [-0.05, 0) is 18.2 Å². The molecule has 0 fully saturated rings. The van der Waals surface area contributed by atoms with Crippen LogP contribution in [0, 0.1) is 0 Å². The smallest absolute Gasteiger partial charge is 0.358 e. The number of ether oxygens (including phenoxy) is 1. The van der Waals surface area contributed by atoms with Crippen molar-refractivity contribution in [3.8, 4) is 17.1 Å². The predicted octanol–water partition coefficient (Wildman–Crippen LogP) is 2.79. The van der Waals surface area contributed by atoms with Crippen LogP contribution in [0.4, 0.5) is 0 Å². The molecule has 0 spiro atoms. The van der Waals surface area contributed by atoms with Gasteiger partial charge in [-0.2, -0.15) is 0 Å². The molecule has 1 N–H and O–H groups in total. The summed E-state index contributed by atoms with van der Waals surface area (Å²) in [6, 6.07) is 6.67. The molecule has 1 aromatic carbocycles. The maximum absolute atomic E-state index is 10.8. The number of methoxy groups -OCH3 is 1. The SMILES string of the molecule is COc1cc(-c2cc(C(=O)O)no2)cc2ccoc12. The van der Waals surface area contributed by atoms with Gasteiger partial charge in [-0.3, -0.25) is 0 Å². The topological polar surface area (TPSA) is 85.7 Å². The van der Waals surface area contributed by atoms with Crippen LogP contribution in [0.2, 0.25) is 0 Å². The van der Waals surface area contributed by atoms with Gasteiger partial charge in [0.15, 0.2) is 22.8 Å². The zero-order valence-corrected chi connectivity index (χ0v) is 9.91. The summed E-state index contributed by atoms with van der Waals surface area (Å²) >= 11 is 0. The lowest BCUT2D eigenvalue weighted by Crippen LogP contribution is -1.94. The van der Waals surface area contributed by atoms with Crippen molar-refractivity contribution < 1.29 is 23.6 Å². The largest absolute Gasteiger partial charge is 0.493 e. The van der Waals surface area contributed by atoms with Gasteiger partial charge in [0, 0.05) is 17.0 Å². The fourth-order valence-corrected chi connectivity index (χ4v) is 1.86. The van der Waals surface area contributed by atoms with E-state index in [1.54, 1.807) is 18.4 Å². The van der Waals surface area contributed by atoms with E-state index in [2.05, 4.69) is 5.16 Å². The van der Waals surface area contributed by atoms with Crippen molar-refractivity contribution in [1.29, 1.82) is 0 Å². The van der Waals surface area contributed by atoms with Crippen molar-refractivity contribution in [1.82, 2.24) is 5.16 Å². The van der Waals surface area contributed by atoms with Gasteiger partial charge in [-0.15, -0.1) is 0 Å². The van der Waals surface area contributed by atoms with Crippen LogP contribution in [0.25, 0.3) is 22.3 Å². The highest BCUT2D eigenvalue weighted by atomic mass is 16.5. The molecule has 0 saturated carbocycles. The van der Waals surface area contributed by atoms with E-state index in [0.29, 0.717) is 22.7 Å². The minimum Gasteiger partial charge on any atom is -0.493 e. The molecule has 3 aromatic rings. The van der Waals surface area contributed by atoms with Gasteiger partial charge in [0.2, 0.25) is 0 Å². The normalized spacial score (nSPS) is 10.8. The van der Waals surface area contributed by atoms with Gasteiger partial charge in [0.1, 0.15) is 0 Å². The summed E-state index contributed by atoms with van der Waals surface area (Å²) in [4.78, 5) is 10.8. The Morgan fingerprint density at radius 3 is 2.89 bits per heavy atom. The molecule has 0 amide bonds. The van der Waals surface area contributed by atoms with Crippen LogP contribution in [0.3, 0.4) is 0 Å². The fourth-order valence-electron chi connectivity index (χ4n) is 1.86. The number of hydrogen-bond donors (Lipinski definition) is 1. The van der Waals surface area contributed by atoms with Crippen molar-refractivity contribution in [3.05, 3.63) is 36.2 Å². The van der Waals surface area contributed by atoms with Crippen LogP contribution < -0.4 is 4.74 Å². The number of aromatic carboxylic acids is 1. The second-order valence-electron chi connectivity index (χ2n) is 3.90. The molecule has 6 heteroatoms. The van der Waals surface area contributed by atoms with E-state index in [-0.39, 0.29) is 5.69 Å². The molecule has 96 valence electrons. The molecule has 0 aliphatic rings. The number of hydrogen-bond acceptors (Lipinski definition) is 5. The quantitative estimate of drug-likeness (QED) is 0.778. The zero-order valence-electron chi connectivity index (χ0n) is 9.91. The molecule has 0 aliphatic carbocycles. The Kier molecular flexibility index (Phi) is 2.49. The highest BCUT2D eigenvalue weighted by molar-refractivity contribution is 5.90. The Hall–Kier alpha value is -2.76. The van der Waals surface area contributed by atoms with E-state index in [1.165, 1.54) is 13.2 Å². The van der Waals surface area contributed by atoms with E-state index in [9.17, 15) is 4.79 Å². The number of carboxylic acids is 1. The summed E-state index contributed by atoms with van der Waals surface area (Å²) in [5.74, 6) is -0.226. The third-order valence-electron chi connectivity index (χ3n) is 2.75. The molecule has 0 radical (unpaired) electrons.